The number of carbonyl (C=O) groups is 1. The lowest BCUT2D eigenvalue weighted by atomic mass is 10.2. The molecule has 2 aromatic carbocycles. The molecule has 7 nitrogen and oxygen atoms in total. The van der Waals surface area contributed by atoms with Crippen molar-refractivity contribution in [2.45, 2.75) is 31.1 Å². The number of nitrogens with one attached hydrogen (secondary N) is 1. The molecular formula is C21H26N2O5S. The van der Waals surface area contributed by atoms with E-state index in [2.05, 4.69) is 5.32 Å². The molecule has 0 radical (unpaired) electrons. The van der Waals surface area contributed by atoms with E-state index >= 15 is 0 Å². The predicted molar refractivity (Wildman–Crippen MR) is 111 cm³/mol. The van der Waals surface area contributed by atoms with Gasteiger partial charge < -0.3 is 14.8 Å². The number of sulfonamides is 1. The minimum absolute atomic E-state index is 0.197. The van der Waals surface area contributed by atoms with Gasteiger partial charge in [0.1, 0.15) is 11.5 Å². The molecule has 0 aromatic heterocycles. The van der Waals surface area contributed by atoms with Crippen molar-refractivity contribution in [3.8, 4) is 11.5 Å². The van der Waals surface area contributed by atoms with E-state index in [9.17, 15) is 13.2 Å². The number of para-hydroxylation sites is 2. The number of aryl methyl sites for hydroxylation is 1. The number of hydrogen-bond acceptors (Lipinski definition) is 5. The maximum atomic E-state index is 12.8. The van der Waals surface area contributed by atoms with Crippen LogP contribution in [0.25, 0.3) is 0 Å². The Morgan fingerprint density at radius 2 is 1.79 bits per heavy atom. The fourth-order valence-electron chi connectivity index (χ4n) is 3.28. The molecule has 8 heteroatoms. The van der Waals surface area contributed by atoms with Gasteiger partial charge >= 0.3 is 0 Å². The van der Waals surface area contributed by atoms with Gasteiger partial charge in [-0.05, 0) is 55.7 Å². The van der Waals surface area contributed by atoms with Crippen LogP contribution in [0.1, 0.15) is 24.8 Å². The molecule has 0 unspecified atom stereocenters. The van der Waals surface area contributed by atoms with Gasteiger partial charge in [-0.2, -0.15) is 4.31 Å². The summed E-state index contributed by atoms with van der Waals surface area (Å²) in [7, 11) is -1.96. The van der Waals surface area contributed by atoms with Gasteiger partial charge in [0.2, 0.25) is 10.0 Å². The lowest BCUT2D eigenvalue weighted by Crippen LogP contribution is -2.35. The number of rotatable bonds is 7. The van der Waals surface area contributed by atoms with Crippen LogP contribution in [-0.4, -0.2) is 45.4 Å². The van der Waals surface area contributed by atoms with Crippen LogP contribution < -0.4 is 14.8 Å². The Kier molecular flexibility index (Phi) is 6.76. The van der Waals surface area contributed by atoms with Crippen molar-refractivity contribution in [2.75, 3.05) is 32.1 Å². The van der Waals surface area contributed by atoms with E-state index in [1.54, 1.807) is 37.3 Å². The topological polar surface area (TPSA) is 84.9 Å². The van der Waals surface area contributed by atoms with E-state index in [4.69, 9.17) is 9.47 Å². The average Bonchev–Trinajstić information content (AvgIpc) is 2.73. The van der Waals surface area contributed by atoms with Gasteiger partial charge in [0.15, 0.2) is 6.61 Å². The summed E-state index contributed by atoms with van der Waals surface area (Å²) in [5.74, 6) is 0.695. The Hall–Kier alpha value is -2.58. The zero-order chi connectivity index (χ0) is 20.9. The molecular weight excluding hydrogens is 392 g/mol. The zero-order valence-electron chi connectivity index (χ0n) is 16.7. The van der Waals surface area contributed by atoms with Gasteiger partial charge in [-0.15, -0.1) is 0 Å². The molecule has 156 valence electrons. The Bertz CT molecular complexity index is 969. The maximum absolute atomic E-state index is 12.8. The fourth-order valence-corrected chi connectivity index (χ4v) is 4.88. The molecule has 1 aliphatic rings. The fraction of sp³-hybridized carbons (Fsp3) is 0.381. The second kappa shape index (κ2) is 9.28. The van der Waals surface area contributed by atoms with Gasteiger partial charge in [0.25, 0.3) is 5.91 Å². The Labute approximate surface area is 171 Å². The largest absolute Gasteiger partial charge is 0.495 e. The minimum Gasteiger partial charge on any atom is -0.495 e. The zero-order valence-corrected chi connectivity index (χ0v) is 17.5. The van der Waals surface area contributed by atoms with Crippen LogP contribution in [0.3, 0.4) is 0 Å². The summed E-state index contributed by atoms with van der Waals surface area (Å²) in [4.78, 5) is 12.5. The lowest BCUT2D eigenvalue weighted by Gasteiger charge is -2.26. The summed E-state index contributed by atoms with van der Waals surface area (Å²) in [6, 6.07) is 11.8. The summed E-state index contributed by atoms with van der Waals surface area (Å²) in [6.07, 6.45) is 2.84. The van der Waals surface area contributed by atoms with Crippen molar-refractivity contribution in [2.24, 2.45) is 0 Å². The van der Waals surface area contributed by atoms with Crippen molar-refractivity contribution in [3.63, 3.8) is 0 Å². The van der Waals surface area contributed by atoms with E-state index in [1.165, 1.54) is 17.5 Å². The summed E-state index contributed by atoms with van der Waals surface area (Å²) in [6.45, 7) is 2.69. The quantitative estimate of drug-likeness (QED) is 0.746. The van der Waals surface area contributed by atoms with E-state index in [0.29, 0.717) is 35.8 Å². The molecule has 1 aliphatic heterocycles. The van der Waals surface area contributed by atoms with Crippen molar-refractivity contribution >= 4 is 21.6 Å². The van der Waals surface area contributed by atoms with Gasteiger partial charge in [0.05, 0.1) is 17.7 Å². The SMILES string of the molecule is COc1ccccc1NC(=O)COc1ccc(S(=O)(=O)N2CCCCC2)cc1C. The molecule has 29 heavy (non-hydrogen) atoms. The number of benzene rings is 2. The number of ether oxygens (including phenoxy) is 2. The predicted octanol–water partition coefficient (Wildman–Crippen LogP) is 3.20. The van der Waals surface area contributed by atoms with Crippen molar-refractivity contribution < 1.29 is 22.7 Å². The Balaban J connectivity index is 1.64. The molecule has 0 spiro atoms. The first-order chi connectivity index (χ1) is 13.9. The van der Waals surface area contributed by atoms with Crippen molar-refractivity contribution in [3.05, 3.63) is 48.0 Å². The van der Waals surface area contributed by atoms with E-state index in [1.807, 2.05) is 6.07 Å². The normalized spacial score (nSPS) is 15.0. The first-order valence-electron chi connectivity index (χ1n) is 9.58. The second-order valence-electron chi connectivity index (χ2n) is 6.93. The number of nitrogens with zero attached hydrogens (tertiary/aromatic N) is 1. The average molecular weight is 419 g/mol. The highest BCUT2D eigenvalue weighted by molar-refractivity contribution is 7.89. The molecule has 1 N–H and O–H groups in total. The lowest BCUT2D eigenvalue weighted by molar-refractivity contribution is -0.118. The van der Waals surface area contributed by atoms with Crippen LogP contribution in [0.4, 0.5) is 5.69 Å². The highest BCUT2D eigenvalue weighted by Crippen LogP contribution is 2.26. The van der Waals surface area contributed by atoms with Crippen LogP contribution in [0.15, 0.2) is 47.4 Å². The third kappa shape index (κ3) is 5.07. The van der Waals surface area contributed by atoms with E-state index in [0.717, 1.165) is 19.3 Å². The molecule has 0 bridgehead atoms. The summed E-state index contributed by atoms with van der Waals surface area (Å²) >= 11 is 0. The molecule has 0 aliphatic carbocycles. The summed E-state index contributed by atoms with van der Waals surface area (Å²) in [5.41, 5.74) is 1.22. The summed E-state index contributed by atoms with van der Waals surface area (Å²) in [5, 5.41) is 2.74. The van der Waals surface area contributed by atoms with Crippen LogP contribution in [0.2, 0.25) is 0 Å². The number of carbonyl (C=O) groups excluding carboxylic acids is 1. The van der Waals surface area contributed by atoms with Crippen molar-refractivity contribution in [1.29, 1.82) is 0 Å². The Morgan fingerprint density at radius 1 is 1.07 bits per heavy atom. The molecule has 1 fully saturated rings. The number of piperidine rings is 1. The van der Waals surface area contributed by atoms with Crippen LogP contribution in [-0.2, 0) is 14.8 Å². The first kappa shape index (κ1) is 21.1. The number of hydrogen-bond donors (Lipinski definition) is 1. The smallest absolute Gasteiger partial charge is 0.262 e. The molecule has 3 rings (SSSR count). The minimum atomic E-state index is -3.50. The molecule has 0 atom stereocenters. The first-order valence-corrected chi connectivity index (χ1v) is 11.0. The maximum Gasteiger partial charge on any atom is 0.262 e. The highest BCUT2D eigenvalue weighted by Gasteiger charge is 2.26. The van der Waals surface area contributed by atoms with Gasteiger partial charge in [0, 0.05) is 13.1 Å². The molecule has 0 saturated carbocycles. The van der Waals surface area contributed by atoms with Crippen molar-refractivity contribution in [1.82, 2.24) is 4.31 Å². The molecule has 2 aromatic rings. The third-order valence-corrected chi connectivity index (χ3v) is 6.73. The van der Waals surface area contributed by atoms with E-state index < -0.39 is 10.0 Å². The van der Waals surface area contributed by atoms with Gasteiger partial charge in [-0.25, -0.2) is 8.42 Å². The highest BCUT2D eigenvalue weighted by atomic mass is 32.2. The Morgan fingerprint density at radius 3 is 2.48 bits per heavy atom. The van der Waals surface area contributed by atoms with Gasteiger partial charge in [-0.1, -0.05) is 18.6 Å². The number of methoxy groups -OCH3 is 1. The van der Waals surface area contributed by atoms with Crippen LogP contribution >= 0.6 is 0 Å². The second-order valence-corrected chi connectivity index (χ2v) is 8.87. The van der Waals surface area contributed by atoms with Gasteiger partial charge in [-0.3, -0.25) is 4.79 Å². The standard InChI is InChI=1S/C21H26N2O5S/c1-16-14-17(29(25,26)23-12-6-3-7-13-23)10-11-19(16)28-15-21(24)22-18-8-4-5-9-20(18)27-2/h4-5,8-11,14H,3,6-7,12-13,15H2,1-2H3,(H,22,24). The van der Waals surface area contributed by atoms with E-state index in [-0.39, 0.29) is 17.4 Å². The van der Waals surface area contributed by atoms with Crippen LogP contribution in [0.5, 0.6) is 11.5 Å². The summed E-state index contributed by atoms with van der Waals surface area (Å²) < 4.78 is 37.9. The monoisotopic (exact) mass is 418 g/mol. The van der Waals surface area contributed by atoms with Crippen LogP contribution in [0, 0.1) is 6.92 Å². The molecule has 1 amide bonds. The molecule has 1 saturated heterocycles. The number of anilines is 1. The number of amides is 1. The molecule has 1 heterocycles. The third-order valence-electron chi connectivity index (χ3n) is 4.84.